The highest BCUT2D eigenvalue weighted by atomic mass is 32.2. The van der Waals surface area contributed by atoms with Crippen molar-refractivity contribution in [1.29, 1.82) is 0 Å². The van der Waals surface area contributed by atoms with Gasteiger partial charge in [-0.2, -0.15) is 0 Å². The number of hydrogen-bond acceptors (Lipinski definition) is 3. The minimum Gasteiger partial charge on any atom is -0.335 e. The monoisotopic (exact) mass is 303 g/mol. The number of hydrogen-bond donors (Lipinski definition) is 1. The summed E-state index contributed by atoms with van der Waals surface area (Å²) in [6.45, 7) is 0.792. The lowest BCUT2D eigenvalue weighted by molar-refractivity contribution is 0.241. The number of thioether (sulfide) groups is 1. The number of aliphatic imine (C=N–C) groups is 1. The maximum atomic E-state index is 12.7. The zero-order valence-electron chi connectivity index (χ0n) is 12.1. The third kappa shape index (κ3) is 3.59. The second-order valence-electron chi connectivity index (χ2n) is 5.47. The lowest BCUT2D eigenvalue weighted by atomic mass is 9.96. The summed E-state index contributed by atoms with van der Waals surface area (Å²) in [6, 6.07) is 10.1. The summed E-state index contributed by atoms with van der Waals surface area (Å²) < 4.78 is 0. The van der Waals surface area contributed by atoms with Gasteiger partial charge >= 0.3 is 6.03 Å². The van der Waals surface area contributed by atoms with Crippen molar-refractivity contribution in [2.24, 2.45) is 4.99 Å². The normalized spacial score (nSPS) is 19.1. The lowest BCUT2D eigenvalue weighted by Crippen LogP contribution is -2.47. The van der Waals surface area contributed by atoms with Gasteiger partial charge in [0, 0.05) is 11.8 Å². The molecule has 0 bridgehead atoms. The number of para-hydroxylation sites is 1. The Hall–Kier alpha value is -1.49. The average molecular weight is 303 g/mol. The second kappa shape index (κ2) is 6.98. The summed E-state index contributed by atoms with van der Waals surface area (Å²) in [5.41, 5.74) is 0.888. The minimum absolute atomic E-state index is 0.0405. The highest BCUT2D eigenvalue weighted by Crippen LogP contribution is 2.24. The molecule has 5 heteroatoms. The summed E-state index contributed by atoms with van der Waals surface area (Å²) in [5, 5.41) is 4.00. The first-order valence-electron chi connectivity index (χ1n) is 7.67. The van der Waals surface area contributed by atoms with Crippen LogP contribution in [0.15, 0.2) is 35.3 Å². The molecule has 0 radical (unpaired) electrons. The van der Waals surface area contributed by atoms with E-state index in [1.54, 1.807) is 16.7 Å². The molecule has 1 aromatic carbocycles. The fourth-order valence-electron chi connectivity index (χ4n) is 2.84. The molecule has 1 heterocycles. The maximum Gasteiger partial charge on any atom is 0.328 e. The summed E-state index contributed by atoms with van der Waals surface area (Å²) in [7, 11) is 0. The van der Waals surface area contributed by atoms with Crippen LogP contribution in [0.1, 0.15) is 32.1 Å². The molecule has 0 atom stereocenters. The van der Waals surface area contributed by atoms with Crippen molar-refractivity contribution >= 4 is 28.6 Å². The molecule has 1 fully saturated rings. The number of nitrogens with one attached hydrogen (secondary N) is 1. The Balaban J connectivity index is 1.76. The predicted octanol–water partition coefficient (Wildman–Crippen LogP) is 3.64. The fourth-order valence-corrected chi connectivity index (χ4v) is 3.70. The van der Waals surface area contributed by atoms with Crippen LogP contribution in [0.3, 0.4) is 0 Å². The largest absolute Gasteiger partial charge is 0.335 e. The highest BCUT2D eigenvalue weighted by Gasteiger charge is 2.26. The van der Waals surface area contributed by atoms with E-state index in [9.17, 15) is 4.79 Å². The molecule has 1 aromatic rings. The van der Waals surface area contributed by atoms with E-state index in [2.05, 4.69) is 10.3 Å². The molecule has 0 spiro atoms. The van der Waals surface area contributed by atoms with Crippen molar-refractivity contribution < 1.29 is 4.79 Å². The molecule has 2 aliphatic rings. The molecule has 0 aromatic heterocycles. The molecule has 0 saturated heterocycles. The molecule has 1 N–H and O–H groups in total. The highest BCUT2D eigenvalue weighted by molar-refractivity contribution is 8.14. The van der Waals surface area contributed by atoms with Crippen molar-refractivity contribution in [3.63, 3.8) is 0 Å². The van der Waals surface area contributed by atoms with Crippen LogP contribution in [0.5, 0.6) is 0 Å². The first-order valence-corrected chi connectivity index (χ1v) is 8.66. The number of amidine groups is 1. The standard InChI is InChI=1S/C16H21N3OS/c20-15(18-13-7-3-1-4-8-13)19(16-17-11-12-21-16)14-9-5-2-6-10-14/h2,5-6,9-10,13H,1,3-4,7-8,11-12H2,(H,18,20). The third-order valence-corrected chi connectivity index (χ3v) is 4.87. The molecule has 21 heavy (non-hydrogen) atoms. The Morgan fingerprint density at radius 1 is 1.19 bits per heavy atom. The van der Waals surface area contributed by atoms with Gasteiger partial charge in [0.15, 0.2) is 5.17 Å². The van der Waals surface area contributed by atoms with E-state index < -0.39 is 0 Å². The van der Waals surface area contributed by atoms with Crippen LogP contribution >= 0.6 is 11.8 Å². The molecule has 1 aliphatic heterocycles. The summed E-state index contributed by atoms with van der Waals surface area (Å²) in [4.78, 5) is 18.9. The number of amides is 2. The van der Waals surface area contributed by atoms with E-state index in [4.69, 9.17) is 0 Å². The van der Waals surface area contributed by atoms with Gasteiger partial charge in [0.1, 0.15) is 0 Å². The van der Waals surface area contributed by atoms with Crippen molar-refractivity contribution in [2.75, 3.05) is 17.2 Å². The van der Waals surface area contributed by atoms with Crippen LogP contribution in [-0.4, -0.2) is 29.5 Å². The maximum absolute atomic E-state index is 12.7. The zero-order chi connectivity index (χ0) is 14.5. The summed E-state index contributed by atoms with van der Waals surface area (Å²) >= 11 is 1.65. The van der Waals surface area contributed by atoms with Crippen LogP contribution in [-0.2, 0) is 0 Å². The van der Waals surface area contributed by atoms with Crippen molar-refractivity contribution in [3.05, 3.63) is 30.3 Å². The van der Waals surface area contributed by atoms with Crippen molar-refractivity contribution in [1.82, 2.24) is 5.32 Å². The van der Waals surface area contributed by atoms with Gasteiger partial charge in [-0.1, -0.05) is 49.2 Å². The lowest BCUT2D eigenvalue weighted by Gasteiger charge is -2.28. The second-order valence-corrected chi connectivity index (χ2v) is 6.53. The van der Waals surface area contributed by atoms with E-state index in [0.29, 0.717) is 6.04 Å². The van der Waals surface area contributed by atoms with E-state index in [1.165, 1.54) is 19.3 Å². The molecule has 1 aliphatic carbocycles. The minimum atomic E-state index is -0.0405. The number of anilines is 1. The average Bonchev–Trinajstić information content (AvgIpc) is 3.03. The van der Waals surface area contributed by atoms with E-state index in [1.807, 2.05) is 30.3 Å². The van der Waals surface area contributed by atoms with Crippen LogP contribution in [0, 0.1) is 0 Å². The first-order chi connectivity index (χ1) is 10.3. The van der Waals surface area contributed by atoms with Crippen molar-refractivity contribution in [2.45, 2.75) is 38.1 Å². The Kier molecular flexibility index (Phi) is 4.80. The first kappa shape index (κ1) is 14.4. The van der Waals surface area contributed by atoms with Crippen LogP contribution in [0.2, 0.25) is 0 Å². The van der Waals surface area contributed by atoms with Crippen LogP contribution in [0.25, 0.3) is 0 Å². The Morgan fingerprint density at radius 2 is 1.95 bits per heavy atom. The molecule has 4 nitrogen and oxygen atoms in total. The van der Waals surface area contributed by atoms with Crippen LogP contribution in [0.4, 0.5) is 10.5 Å². The summed E-state index contributed by atoms with van der Waals surface area (Å²) in [6.07, 6.45) is 5.90. The number of rotatable bonds is 2. The number of carbonyl (C=O) groups excluding carboxylic acids is 1. The van der Waals surface area contributed by atoms with Gasteiger partial charge in [-0.05, 0) is 25.0 Å². The number of nitrogens with zero attached hydrogens (tertiary/aromatic N) is 2. The molecule has 3 rings (SSSR count). The SMILES string of the molecule is O=C(NC1CCCCC1)N(C1=NCCS1)c1ccccc1. The van der Waals surface area contributed by atoms with E-state index in [-0.39, 0.29) is 6.03 Å². The van der Waals surface area contributed by atoms with Gasteiger partial charge in [-0.3, -0.25) is 4.99 Å². The molecule has 112 valence electrons. The third-order valence-electron chi connectivity index (χ3n) is 3.91. The number of urea groups is 1. The van der Waals surface area contributed by atoms with Crippen molar-refractivity contribution in [3.8, 4) is 0 Å². The predicted molar refractivity (Wildman–Crippen MR) is 89.1 cm³/mol. The zero-order valence-corrected chi connectivity index (χ0v) is 12.9. The topological polar surface area (TPSA) is 44.7 Å². The Bertz CT molecular complexity index is 512. The Labute approximate surface area is 130 Å². The molecule has 0 unspecified atom stereocenters. The Morgan fingerprint density at radius 3 is 2.62 bits per heavy atom. The quantitative estimate of drug-likeness (QED) is 0.906. The smallest absolute Gasteiger partial charge is 0.328 e. The fraction of sp³-hybridized carbons (Fsp3) is 0.500. The van der Waals surface area contributed by atoms with Gasteiger partial charge in [-0.15, -0.1) is 0 Å². The van der Waals surface area contributed by atoms with Gasteiger partial charge in [0.25, 0.3) is 0 Å². The van der Waals surface area contributed by atoms with Gasteiger partial charge in [0.05, 0.1) is 12.2 Å². The number of carbonyl (C=O) groups is 1. The molecular weight excluding hydrogens is 282 g/mol. The van der Waals surface area contributed by atoms with E-state index in [0.717, 1.165) is 36.0 Å². The molecular formula is C16H21N3OS. The van der Waals surface area contributed by atoms with Gasteiger partial charge in [-0.25, -0.2) is 9.69 Å². The summed E-state index contributed by atoms with van der Waals surface area (Å²) in [5.74, 6) is 0.954. The molecule has 2 amide bonds. The van der Waals surface area contributed by atoms with Gasteiger partial charge in [0.2, 0.25) is 0 Å². The van der Waals surface area contributed by atoms with Crippen LogP contribution < -0.4 is 10.2 Å². The van der Waals surface area contributed by atoms with Gasteiger partial charge < -0.3 is 5.32 Å². The molecule has 1 saturated carbocycles. The van der Waals surface area contributed by atoms with E-state index >= 15 is 0 Å². The number of benzene rings is 1.